The maximum absolute atomic E-state index is 11.7. The molecule has 1 unspecified atom stereocenters. The van der Waals surface area contributed by atoms with Gasteiger partial charge in [0, 0.05) is 18.9 Å². The van der Waals surface area contributed by atoms with Crippen molar-refractivity contribution in [1.82, 2.24) is 4.90 Å². The molecule has 2 aliphatic heterocycles. The Hall–Kier alpha value is -1.29. The Balaban J connectivity index is 2.26. The van der Waals surface area contributed by atoms with Crippen LogP contribution in [0.25, 0.3) is 0 Å². The van der Waals surface area contributed by atoms with E-state index in [0.29, 0.717) is 18.3 Å². The molecule has 2 rings (SSSR count). The third-order valence-electron chi connectivity index (χ3n) is 2.76. The van der Waals surface area contributed by atoms with Crippen molar-refractivity contribution in [2.45, 2.75) is 13.8 Å². The lowest BCUT2D eigenvalue weighted by Gasteiger charge is -2.19. The first-order valence-electron chi connectivity index (χ1n) is 5.19. The molecule has 4 nitrogen and oxygen atoms in total. The van der Waals surface area contributed by atoms with Crippen molar-refractivity contribution in [3.63, 3.8) is 0 Å². The minimum Gasteiger partial charge on any atom is -0.465 e. The quantitative estimate of drug-likeness (QED) is 0.692. The van der Waals surface area contributed by atoms with Gasteiger partial charge in [0.2, 0.25) is 0 Å². The van der Waals surface area contributed by atoms with Gasteiger partial charge in [-0.1, -0.05) is 11.6 Å². The highest BCUT2D eigenvalue weighted by Gasteiger charge is 2.36. The van der Waals surface area contributed by atoms with Gasteiger partial charge in [-0.3, -0.25) is 4.79 Å². The predicted molar refractivity (Wildman–Crippen MR) is 62.0 cm³/mol. The van der Waals surface area contributed by atoms with Gasteiger partial charge in [-0.25, -0.2) is 4.99 Å². The molecule has 86 valence electrons. The zero-order valence-corrected chi connectivity index (χ0v) is 9.99. The summed E-state index contributed by atoms with van der Waals surface area (Å²) in [5.41, 5.74) is 1.76. The smallest absolute Gasteiger partial charge is 0.314 e. The van der Waals surface area contributed by atoms with Gasteiger partial charge in [-0.2, -0.15) is 0 Å². The highest BCUT2D eigenvalue weighted by atomic mass is 35.5. The summed E-state index contributed by atoms with van der Waals surface area (Å²) in [6, 6.07) is 0. The average Bonchev–Trinajstić information content (AvgIpc) is 2.58. The lowest BCUT2D eigenvalue weighted by Crippen LogP contribution is -2.24. The summed E-state index contributed by atoms with van der Waals surface area (Å²) >= 11 is 6.01. The van der Waals surface area contributed by atoms with Gasteiger partial charge in [0.05, 0.1) is 18.2 Å². The molecule has 0 N–H and O–H groups in total. The highest BCUT2D eigenvalue weighted by molar-refractivity contribution is 6.69. The largest absolute Gasteiger partial charge is 0.465 e. The molecule has 0 radical (unpaired) electrons. The van der Waals surface area contributed by atoms with Crippen LogP contribution in [-0.4, -0.2) is 29.2 Å². The van der Waals surface area contributed by atoms with Gasteiger partial charge in [0.25, 0.3) is 0 Å². The fourth-order valence-corrected chi connectivity index (χ4v) is 2.28. The van der Waals surface area contributed by atoms with Gasteiger partial charge in [0.15, 0.2) is 5.17 Å². The van der Waals surface area contributed by atoms with Crippen LogP contribution in [-0.2, 0) is 9.53 Å². The van der Waals surface area contributed by atoms with Crippen LogP contribution in [0, 0.1) is 5.92 Å². The van der Waals surface area contributed by atoms with Gasteiger partial charge in [-0.05, 0) is 19.4 Å². The van der Waals surface area contributed by atoms with E-state index < -0.39 is 0 Å². The van der Waals surface area contributed by atoms with Gasteiger partial charge >= 0.3 is 5.97 Å². The lowest BCUT2D eigenvalue weighted by molar-refractivity contribution is -0.146. The number of ether oxygens (including phenoxy) is 1. The molecule has 0 aromatic carbocycles. The van der Waals surface area contributed by atoms with Gasteiger partial charge in [0.1, 0.15) is 0 Å². The highest BCUT2D eigenvalue weighted by Crippen LogP contribution is 2.32. The third kappa shape index (κ3) is 1.73. The van der Waals surface area contributed by atoms with E-state index in [1.165, 1.54) is 0 Å². The molecule has 0 aliphatic carbocycles. The van der Waals surface area contributed by atoms with Crippen LogP contribution in [0.2, 0.25) is 0 Å². The Morgan fingerprint density at radius 3 is 3.12 bits per heavy atom. The fourth-order valence-electron chi connectivity index (χ4n) is 1.97. The number of halogens is 1. The van der Waals surface area contributed by atoms with Gasteiger partial charge < -0.3 is 9.64 Å². The van der Waals surface area contributed by atoms with E-state index >= 15 is 0 Å². The van der Waals surface area contributed by atoms with E-state index in [0.717, 1.165) is 11.3 Å². The van der Waals surface area contributed by atoms with Crippen molar-refractivity contribution in [2.75, 3.05) is 13.2 Å². The molecule has 0 bridgehead atoms. The first-order valence-corrected chi connectivity index (χ1v) is 5.57. The normalized spacial score (nSPS) is 23.3. The lowest BCUT2D eigenvalue weighted by atomic mass is 10.0. The van der Waals surface area contributed by atoms with Crippen molar-refractivity contribution in [2.24, 2.45) is 10.9 Å². The van der Waals surface area contributed by atoms with E-state index in [1.54, 1.807) is 13.1 Å². The number of esters is 1. The molecule has 0 fully saturated rings. The number of allylic oxidation sites excluding steroid dienone is 1. The van der Waals surface area contributed by atoms with Crippen molar-refractivity contribution in [3.05, 3.63) is 23.7 Å². The fraction of sp³-hybridized carbons (Fsp3) is 0.455. The topological polar surface area (TPSA) is 41.9 Å². The molecule has 0 aromatic rings. The summed E-state index contributed by atoms with van der Waals surface area (Å²) in [7, 11) is 0. The Morgan fingerprint density at radius 1 is 1.75 bits per heavy atom. The molecule has 0 spiro atoms. The Labute approximate surface area is 99.2 Å². The van der Waals surface area contributed by atoms with Crippen LogP contribution in [0.4, 0.5) is 0 Å². The first-order chi connectivity index (χ1) is 7.65. The molecule has 0 saturated heterocycles. The van der Waals surface area contributed by atoms with Crippen molar-refractivity contribution < 1.29 is 9.53 Å². The number of aliphatic imine (C=N–C) groups is 1. The van der Waals surface area contributed by atoms with Crippen LogP contribution in [0.1, 0.15) is 13.8 Å². The van der Waals surface area contributed by atoms with Crippen LogP contribution in [0.5, 0.6) is 0 Å². The number of nitrogens with zero attached hydrogens (tertiary/aromatic N) is 2. The summed E-state index contributed by atoms with van der Waals surface area (Å²) in [4.78, 5) is 17.7. The number of carbonyl (C=O) groups excluding carboxylic acids is 1. The second-order valence-electron chi connectivity index (χ2n) is 3.71. The van der Waals surface area contributed by atoms with Crippen LogP contribution < -0.4 is 0 Å². The summed E-state index contributed by atoms with van der Waals surface area (Å²) in [6.07, 6.45) is 3.45. The second-order valence-corrected chi connectivity index (χ2v) is 4.06. The molecule has 0 saturated carbocycles. The first kappa shape index (κ1) is 11.2. The van der Waals surface area contributed by atoms with Gasteiger partial charge in [-0.15, -0.1) is 0 Å². The predicted octanol–water partition coefficient (Wildman–Crippen LogP) is 1.88. The van der Waals surface area contributed by atoms with Crippen molar-refractivity contribution >= 4 is 22.7 Å². The minimum absolute atomic E-state index is 0.195. The minimum atomic E-state index is -0.235. The molecule has 16 heavy (non-hydrogen) atoms. The number of fused-ring (bicyclic) bond motifs is 1. The Kier molecular flexibility index (Phi) is 3.01. The van der Waals surface area contributed by atoms with Crippen LogP contribution >= 0.6 is 11.6 Å². The number of hydrogen-bond donors (Lipinski definition) is 0. The molecule has 2 heterocycles. The Bertz CT molecular complexity index is 412. The third-order valence-corrected chi connectivity index (χ3v) is 3.04. The molecule has 0 amide bonds. The summed E-state index contributed by atoms with van der Waals surface area (Å²) < 4.78 is 5.03. The van der Waals surface area contributed by atoms with Crippen molar-refractivity contribution in [3.8, 4) is 0 Å². The van der Waals surface area contributed by atoms with Crippen LogP contribution in [0.3, 0.4) is 0 Å². The number of carbonyl (C=O) groups is 1. The molecular weight excluding hydrogens is 228 g/mol. The number of rotatable bonds is 2. The number of hydrogen-bond acceptors (Lipinski definition) is 4. The monoisotopic (exact) mass is 240 g/mol. The standard InChI is InChI=1S/C11H13ClN2O2/c1-3-16-11(15)8-6-14-5-4-13-10(12)9(14)7(8)2/h4-5,8H,3,6H2,1-2H3. The SMILES string of the molecule is CCOC(=O)C1CN2C=CN=C(Cl)C2=C1C. The molecule has 1 atom stereocenters. The zero-order valence-electron chi connectivity index (χ0n) is 9.24. The van der Waals surface area contributed by atoms with E-state index in [-0.39, 0.29) is 11.9 Å². The summed E-state index contributed by atoms with van der Waals surface area (Å²) in [6.45, 7) is 4.68. The molecule has 0 aromatic heterocycles. The average molecular weight is 241 g/mol. The molecule has 5 heteroatoms. The zero-order chi connectivity index (χ0) is 11.7. The van der Waals surface area contributed by atoms with Crippen LogP contribution in [0.15, 0.2) is 28.7 Å². The maximum Gasteiger partial charge on any atom is 0.314 e. The maximum atomic E-state index is 11.7. The van der Waals surface area contributed by atoms with E-state index in [1.807, 2.05) is 18.0 Å². The summed E-state index contributed by atoms with van der Waals surface area (Å²) in [5.74, 6) is -0.429. The van der Waals surface area contributed by atoms with E-state index in [2.05, 4.69) is 4.99 Å². The second kappa shape index (κ2) is 4.29. The molecule has 2 aliphatic rings. The van der Waals surface area contributed by atoms with E-state index in [9.17, 15) is 4.79 Å². The Morgan fingerprint density at radius 2 is 2.50 bits per heavy atom. The van der Waals surface area contributed by atoms with Crippen molar-refractivity contribution in [1.29, 1.82) is 0 Å². The van der Waals surface area contributed by atoms with E-state index in [4.69, 9.17) is 16.3 Å². The molecular formula is C11H13ClN2O2. The summed E-state index contributed by atoms with van der Waals surface area (Å²) in [5, 5.41) is 0.437.